The van der Waals surface area contributed by atoms with Crippen molar-refractivity contribution >= 4 is 11.6 Å². The highest BCUT2D eigenvalue weighted by Gasteiger charge is 2.16. The second-order valence-corrected chi connectivity index (χ2v) is 6.26. The summed E-state index contributed by atoms with van der Waals surface area (Å²) in [6.07, 6.45) is 0.317. The molecule has 0 radical (unpaired) electrons. The number of hydrogen-bond donors (Lipinski definition) is 1. The predicted molar refractivity (Wildman–Crippen MR) is 101 cm³/mol. The zero-order valence-electron chi connectivity index (χ0n) is 15.4. The highest BCUT2D eigenvalue weighted by atomic mass is 19.1. The summed E-state index contributed by atoms with van der Waals surface area (Å²) in [6, 6.07) is 13.5. The lowest BCUT2D eigenvalue weighted by Gasteiger charge is -2.08. The van der Waals surface area contributed by atoms with E-state index in [4.69, 9.17) is 4.74 Å². The number of halogens is 1. The third-order valence-corrected chi connectivity index (χ3v) is 3.73. The maximum absolute atomic E-state index is 13.7. The minimum absolute atomic E-state index is 0.0587. The molecule has 0 saturated carbocycles. The Balaban J connectivity index is 2.00. The van der Waals surface area contributed by atoms with Gasteiger partial charge in [0, 0.05) is 17.7 Å². The summed E-state index contributed by atoms with van der Waals surface area (Å²) < 4.78 is 20.9. The predicted octanol–water partition coefficient (Wildman–Crippen LogP) is 4.21. The lowest BCUT2D eigenvalue weighted by atomic mass is 10.2. The van der Waals surface area contributed by atoms with E-state index in [2.05, 4.69) is 15.4 Å². The van der Waals surface area contributed by atoms with E-state index in [1.54, 1.807) is 35.9 Å². The fraction of sp³-hybridized carbons (Fsp3) is 0.250. The topological polar surface area (TPSA) is 69.0 Å². The number of aromatic nitrogens is 3. The van der Waals surface area contributed by atoms with Crippen molar-refractivity contribution in [1.29, 1.82) is 0 Å². The highest BCUT2D eigenvalue weighted by Crippen LogP contribution is 2.25. The van der Waals surface area contributed by atoms with Crippen LogP contribution < -0.4 is 10.1 Å². The Hall–Kier alpha value is -3.22. The van der Waals surface area contributed by atoms with E-state index < -0.39 is 0 Å². The van der Waals surface area contributed by atoms with Gasteiger partial charge < -0.3 is 10.1 Å². The zero-order valence-corrected chi connectivity index (χ0v) is 15.4. The van der Waals surface area contributed by atoms with Crippen LogP contribution in [0.25, 0.3) is 17.1 Å². The Kier molecular flexibility index (Phi) is 5.49. The Labute approximate surface area is 157 Å². The molecule has 6 nitrogen and oxygen atoms in total. The first-order chi connectivity index (χ1) is 13.0. The van der Waals surface area contributed by atoms with Crippen LogP contribution in [0.4, 0.5) is 10.1 Å². The molecule has 140 valence electrons. The Morgan fingerprint density at radius 2 is 1.96 bits per heavy atom. The monoisotopic (exact) mass is 368 g/mol. The molecule has 1 amide bonds. The van der Waals surface area contributed by atoms with E-state index in [1.165, 1.54) is 12.1 Å². The number of benzene rings is 2. The first kappa shape index (κ1) is 18.6. The average molecular weight is 368 g/mol. The summed E-state index contributed by atoms with van der Waals surface area (Å²) in [7, 11) is 0. The summed E-state index contributed by atoms with van der Waals surface area (Å²) >= 11 is 0. The maximum atomic E-state index is 13.7. The number of amides is 1. The molecular formula is C20H21FN4O2. The zero-order chi connectivity index (χ0) is 19.4. The van der Waals surface area contributed by atoms with E-state index in [-0.39, 0.29) is 23.8 Å². The van der Waals surface area contributed by atoms with E-state index in [0.717, 1.165) is 5.69 Å². The fourth-order valence-corrected chi connectivity index (χ4v) is 2.48. The maximum Gasteiger partial charge on any atom is 0.336 e. The summed E-state index contributed by atoms with van der Waals surface area (Å²) in [4.78, 5) is 15.9. The van der Waals surface area contributed by atoms with Crippen LogP contribution in [0.2, 0.25) is 0 Å². The minimum atomic E-state index is -0.356. The molecule has 3 aromatic rings. The average Bonchev–Trinajstić information content (AvgIpc) is 3.05. The van der Waals surface area contributed by atoms with Crippen molar-refractivity contribution in [3.05, 3.63) is 54.3 Å². The normalized spacial score (nSPS) is 10.9. The molecule has 3 rings (SSSR count). The van der Waals surface area contributed by atoms with Gasteiger partial charge in [-0.05, 0) is 50.2 Å². The number of nitrogens with zero attached hydrogens (tertiary/aromatic N) is 3. The van der Waals surface area contributed by atoms with Gasteiger partial charge in [-0.2, -0.15) is 4.98 Å². The number of carbonyl (C=O) groups is 1. The molecule has 0 atom stereocenters. The van der Waals surface area contributed by atoms with Gasteiger partial charge in [0.2, 0.25) is 5.91 Å². The van der Waals surface area contributed by atoms with Gasteiger partial charge in [0.15, 0.2) is 5.82 Å². The molecule has 0 aliphatic heterocycles. The van der Waals surface area contributed by atoms with Crippen molar-refractivity contribution < 1.29 is 13.9 Å². The van der Waals surface area contributed by atoms with Crippen LogP contribution in [0, 0.1) is 5.82 Å². The molecular weight excluding hydrogens is 347 g/mol. The molecule has 1 heterocycles. The van der Waals surface area contributed by atoms with E-state index >= 15 is 0 Å². The van der Waals surface area contributed by atoms with Crippen molar-refractivity contribution in [2.75, 3.05) is 5.32 Å². The van der Waals surface area contributed by atoms with Crippen molar-refractivity contribution in [2.24, 2.45) is 0 Å². The van der Waals surface area contributed by atoms with E-state index in [0.29, 0.717) is 23.5 Å². The Morgan fingerprint density at radius 3 is 2.59 bits per heavy atom. The molecule has 0 aliphatic rings. The third-order valence-electron chi connectivity index (χ3n) is 3.73. The van der Waals surface area contributed by atoms with Crippen LogP contribution in [-0.2, 0) is 4.79 Å². The van der Waals surface area contributed by atoms with E-state index in [1.807, 2.05) is 26.0 Å². The smallest absolute Gasteiger partial charge is 0.336 e. The van der Waals surface area contributed by atoms with Crippen molar-refractivity contribution in [2.45, 2.75) is 33.3 Å². The molecule has 27 heavy (non-hydrogen) atoms. The van der Waals surface area contributed by atoms with Gasteiger partial charge in [0.1, 0.15) is 5.82 Å². The number of nitrogens with one attached hydrogen (secondary N) is 1. The third kappa shape index (κ3) is 4.49. The largest absolute Gasteiger partial charge is 0.460 e. The van der Waals surface area contributed by atoms with Crippen molar-refractivity contribution in [3.63, 3.8) is 0 Å². The van der Waals surface area contributed by atoms with Crippen LogP contribution in [0.1, 0.15) is 27.2 Å². The first-order valence-electron chi connectivity index (χ1n) is 8.76. The number of carbonyl (C=O) groups excluding carboxylic acids is 1. The molecule has 1 N–H and O–H groups in total. The molecule has 7 heteroatoms. The van der Waals surface area contributed by atoms with Gasteiger partial charge in [-0.1, -0.05) is 19.1 Å². The van der Waals surface area contributed by atoms with Gasteiger partial charge in [-0.25, -0.2) is 9.07 Å². The minimum Gasteiger partial charge on any atom is -0.460 e. The summed E-state index contributed by atoms with van der Waals surface area (Å²) in [5, 5.41) is 7.20. The van der Waals surface area contributed by atoms with Gasteiger partial charge in [-0.3, -0.25) is 4.79 Å². The molecule has 0 unspecified atom stereocenters. The van der Waals surface area contributed by atoms with Crippen molar-refractivity contribution in [3.8, 4) is 23.1 Å². The van der Waals surface area contributed by atoms with Crippen LogP contribution in [-0.4, -0.2) is 26.8 Å². The van der Waals surface area contributed by atoms with Gasteiger partial charge in [0.25, 0.3) is 0 Å². The number of hydrogen-bond acceptors (Lipinski definition) is 4. The van der Waals surface area contributed by atoms with Crippen LogP contribution in [0.15, 0.2) is 48.5 Å². The fourth-order valence-electron chi connectivity index (χ4n) is 2.48. The SMILES string of the molecule is CCC(=O)Nc1ccc(-n2nc(OC(C)C)nc2-c2cccc(F)c2)cc1. The van der Waals surface area contributed by atoms with Gasteiger partial charge >= 0.3 is 6.01 Å². The lowest BCUT2D eigenvalue weighted by Crippen LogP contribution is -2.09. The van der Waals surface area contributed by atoms with Gasteiger partial charge in [0.05, 0.1) is 11.8 Å². The molecule has 0 fully saturated rings. The lowest BCUT2D eigenvalue weighted by molar-refractivity contribution is -0.115. The van der Waals surface area contributed by atoms with Crippen LogP contribution in [0.5, 0.6) is 6.01 Å². The molecule has 0 aliphatic carbocycles. The first-order valence-corrected chi connectivity index (χ1v) is 8.76. The summed E-state index contributed by atoms with van der Waals surface area (Å²) in [6.45, 7) is 5.56. The van der Waals surface area contributed by atoms with Gasteiger partial charge in [-0.15, -0.1) is 5.10 Å². The van der Waals surface area contributed by atoms with Crippen molar-refractivity contribution in [1.82, 2.24) is 14.8 Å². The molecule has 1 aromatic heterocycles. The molecule has 2 aromatic carbocycles. The molecule has 0 spiro atoms. The second-order valence-electron chi connectivity index (χ2n) is 6.26. The summed E-state index contributed by atoms with van der Waals surface area (Å²) in [5.41, 5.74) is 2.00. The highest BCUT2D eigenvalue weighted by molar-refractivity contribution is 5.90. The summed E-state index contributed by atoms with van der Waals surface area (Å²) in [5.74, 6) is 0.0538. The van der Waals surface area contributed by atoms with E-state index in [9.17, 15) is 9.18 Å². The Morgan fingerprint density at radius 1 is 1.22 bits per heavy atom. The standard InChI is InChI=1S/C20H21FN4O2/c1-4-18(26)22-16-8-10-17(11-9-16)25-19(14-6-5-7-15(21)12-14)23-20(24-25)27-13(2)3/h5-13H,4H2,1-3H3,(H,22,26). The van der Waals surface area contributed by atoms with Crippen LogP contribution >= 0.6 is 0 Å². The Bertz CT molecular complexity index is 935. The number of ether oxygens (including phenoxy) is 1. The number of anilines is 1. The second kappa shape index (κ2) is 7.99. The quantitative estimate of drug-likeness (QED) is 0.708. The number of rotatable bonds is 6. The molecule has 0 bridgehead atoms. The molecule has 0 saturated heterocycles. The van der Waals surface area contributed by atoms with Crippen LogP contribution in [0.3, 0.4) is 0 Å².